The van der Waals surface area contributed by atoms with Crippen LogP contribution in [0.5, 0.6) is 0 Å². The lowest BCUT2D eigenvalue weighted by atomic mass is 10.2. The van der Waals surface area contributed by atoms with Crippen LogP contribution < -0.4 is 10.6 Å². The van der Waals surface area contributed by atoms with Crippen LogP contribution in [0.1, 0.15) is 24.2 Å². The Labute approximate surface area is 139 Å². The first-order valence-electron chi connectivity index (χ1n) is 7.25. The minimum absolute atomic E-state index is 0.177. The number of nitrogens with one attached hydrogen (secondary N) is 2. The summed E-state index contributed by atoms with van der Waals surface area (Å²) in [5, 5.41) is 5.26. The monoisotopic (exact) mass is 327 g/mol. The molecule has 124 valence electrons. The van der Waals surface area contributed by atoms with Gasteiger partial charge in [-0.15, -0.1) is 0 Å². The molecular weight excluding hydrogens is 310 g/mol. The lowest BCUT2D eigenvalue weighted by Crippen LogP contribution is -2.30. The van der Waals surface area contributed by atoms with Crippen molar-refractivity contribution >= 4 is 29.2 Å². The Morgan fingerprint density at radius 3 is 2.04 bits per heavy atom. The topological polar surface area (TPSA) is 97.4 Å². The van der Waals surface area contributed by atoms with Crippen molar-refractivity contribution in [2.24, 2.45) is 0 Å². The van der Waals surface area contributed by atoms with Crippen LogP contribution >= 0.6 is 0 Å². The lowest BCUT2D eigenvalue weighted by molar-refractivity contribution is -0.123. The van der Waals surface area contributed by atoms with Crippen LogP contribution in [0.2, 0.25) is 0 Å². The molecule has 7 nitrogen and oxygen atoms in total. The second-order valence-corrected chi connectivity index (χ2v) is 5.03. The maximum atomic E-state index is 12.1. The van der Waals surface area contributed by atoms with E-state index in [-0.39, 0.29) is 5.91 Å². The molecule has 0 fully saturated rings. The van der Waals surface area contributed by atoms with Crippen molar-refractivity contribution < 1.29 is 19.1 Å². The molecule has 0 aliphatic carbocycles. The Kier molecular flexibility index (Phi) is 5.62. The van der Waals surface area contributed by atoms with Gasteiger partial charge < -0.3 is 15.4 Å². The molecule has 0 bridgehead atoms. The fourth-order valence-corrected chi connectivity index (χ4v) is 1.85. The van der Waals surface area contributed by atoms with E-state index in [2.05, 4.69) is 15.6 Å². The second kappa shape index (κ2) is 7.87. The predicted octanol–water partition coefficient (Wildman–Crippen LogP) is 2.22. The van der Waals surface area contributed by atoms with Crippen LogP contribution in [0, 0.1) is 0 Å². The zero-order chi connectivity index (χ0) is 17.5. The molecule has 2 rings (SSSR count). The van der Waals surface area contributed by atoms with Crippen LogP contribution in [-0.4, -0.2) is 28.9 Å². The molecule has 1 aromatic carbocycles. The van der Waals surface area contributed by atoms with E-state index in [0.29, 0.717) is 16.9 Å². The number of rotatable bonds is 5. The van der Waals surface area contributed by atoms with Crippen molar-refractivity contribution in [2.45, 2.75) is 20.0 Å². The number of aromatic nitrogens is 1. The van der Waals surface area contributed by atoms with Gasteiger partial charge in [0.15, 0.2) is 6.10 Å². The van der Waals surface area contributed by atoms with Gasteiger partial charge in [0, 0.05) is 30.7 Å². The molecule has 1 atom stereocenters. The highest BCUT2D eigenvalue weighted by atomic mass is 16.5. The van der Waals surface area contributed by atoms with Gasteiger partial charge in [0.05, 0.1) is 5.56 Å². The number of nitrogens with zero attached hydrogens (tertiary/aromatic N) is 1. The molecule has 0 unspecified atom stereocenters. The van der Waals surface area contributed by atoms with E-state index in [9.17, 15) is 14.4 Å². The van der Waals surface area contributed by atoms with Crippen molar-refractivity contribution in [2.75, 3.05) is 10.6 Å². The van der Waals surface area contributed by atoms with E-state index >= 15 is 0 Å². The first-order valence-corrected chi connectivity index (χ1v) is 7.25. The highest BCUT2D eigenvalue weighted by Gasteiger charge is 2.19. The van der Waals surface area contributed by atoms with Crippen molar-refractivity contribution in [3.8, 4) is 0 Å². The third-order valence-electron chi connectivity index (χ3n) is 3.04. The summed E-state index contributed by atoms with van der Waals surface area (Å²) in [5.41, 5.74) is 1.47. The number of pyridine rings is 1. The largest absolute Gasteiger partial charge is 0.449 e. The summed E-state index contributed by atoms with van der Waals surface area (Å²) in [4.78, 5) is 38.7. The van der Waals surface area contributed by atoms with E-state index in [1.807, 2.05) is 0 Å². The Morgan fingerprint density at radius 1 is 0.958 bits per heavy atom. The van der Waals surface area contributed by atoms with Crippen molar-refractivity contribution in [3.05, 3.63) is 54.4 Å². The molecule has 0 spiro atoms. The average Bonchev–Trinajstić information content (AvgIpc) is 2.56. The van der Waals surface area contributed by atoms with E-state index in [4.69, 9.17) is 4.74 Å². The highest BCUT2D eigenvalue weighted by molar-refractivity contribution is 5.97. The molecule has 1 aromatic heterocycles. The van der Waals surface area contributed by atoms with E-state index in [1.165, 1.54) is 38.4 Å². The molecule has 2 amide bonds. The fourth-order valence-electron chi connectivity index (χ4n) is 1.85. The molecule has 24 heavy (non-hydrogen) atoms. The summed E-state index contributed by atoms with van der Waals surface area (Å²) < 4.78 is 5.11. The van der Waals surface area contributed by atoms with Gasteiger partial charge in [-0.3, -0.25) is 14.6 Å². The van der Waals surface area contributed by atoms with Gasteiger partial charge in [-0.2, -0.15) is 0 Å². The first kappa shape index (κ1) is 17.1. The zero-order valence-electron chi connectivity index (χ0n) is 13.3. The van der Waals surface area contributed by atoms with E-state index in [1.54, 1.807) is 24.3 Å². The Balaban J connectivity index is 1.91. The number of hydrogen-bond acceptors (Lipinski definition) is 5. The number of benzene rings is 1. The number of carbonyl (C=O) groups excluding carboxylic acids is 3. The van der Waals surface area contributed by atoms with Gasteiger partial charge in [-0.05, 0) is 43.3 Å². The summed E-state index contributed by atoms with van der Waals surface area (Å²) in [6.07, 6.45) is 1.98. The van der Waals surface area contributed by atoms with Gasteiger partial charge in [-0.1, -0.05) is 0 Å². The van der Waals surface area contributed by atoms with Crippen LogP contribution in [0.15, 0.2) is 48.8 Å². The maximum absolute atomic E-state index is 12.1. The first-order chi connectivity index (χ1) is 11.5. The van der Waals surface area contributed by atoms with Crippen molar-refractivity contribution in [3.63, 3.8) is 0 Å². The van der Waals surface area contributed by atoms with Crippen LogP contribution in [0.25, 0.3) is 0 Å². The van der Waals surface area contributed by atoms with Crippen molar-refractivity contribution in [1.29, 1.82) is 0 Å². The van der Waals surface area contributed by atoms with Gasteiger partial charge in [0.2, 0.25) is 5.91 Å². The van der Waals surface area contributed by atoms with Crippen molar-refractivity contribution in [1.82, 2.24) is 4.98 Å². The maximum Gasteiger partial charge on any atom is 0.339 e. The van der Waals surface area contributed by atoms with Crippen LogP contribution in [0.4, 0.5) is 11.4 Å². The molecule has 0 saturated carbocycles. The Morgan fingerprint density at radius 2 is 1.50 bits per heavy atom. The number of hydrogen-bond donors (Lipinski definition) is 2. The van der Waals surface area contributed by atoms with E-state index in [0.717, 1.165) is 0 Å². The van der Waals surface area contributed by atoms with Gasteiger partial charge in [0.1, 0.15) is 0 Å². The Hall–Kier alpha value is -3.22. The lowest BCUT2D eigenvalue weighted by Gasteiger charge is -2.13. The average molecular weight is 327 g/mol. The standard InChI is InChI=1S/C17H17N3O4/c1-11(24-17(23)13-7-9-18-10-8-13)16(22)20-15-5-3-14(4-6-15)19-12(2)21/h3-11H,1-2H3,(H,19,21)(H,20,22)/t11-/m0/s1. The zero-order valence-corrected chi connectivity index (χ0v) is 13.3. The van der Waals surface area contributed by atoms with Crippen LogP contribution in [0.3, 0.4) is 0 Å². The molecule has 0 saturated heterocycles. The summed E-state index contributed by atoms with van der Waals surface area (Å²) >= 11 is 0. The molecule has 1 heterocycles. The number of amides is 2. The molecular formula is C17H17N3O4. The normalized spacial score (nSPS) is 11.2. The minimum Gasteiger partial charge on any atom is -0.449 e. The Bertz CT molecular complexity index is 729. The third kappa shape index (κ3) is 4.91. The summed E-state index contributed by atoms with van der Waals surface area (Å²) in [5.74, 6) is -1.23. The quantitative estimate of drug-likeness (QED) is 0.821. The molecule has 2 N–H and O–H groups in total. The minimum atomic E-state index is -0.958. The number of ether oxygens (including phenoxy) is 1. The molecule has 2 aromatic rings. The number of carbonyl (C=O) groups is 3. The number of anilines is 2. The molecule has 7 heteroatoms. The predicted molar refractivity (Wildman–Crippen MR) is 88.5 cm³/mol. The summed E-state index contributed by atoms with van der Waals surface area (Å²) in [6.45, 7) is 2.90. The van der Waals surface area contributed by atoms with E-state index < -0.39 is 18.0 Å². The molecule has 0 aliphatic rings. The third-order valence-corrected chi connectivity index (χ3v) is 3.04. The number of esters is 1. The smallest absolute Gasteiger partial charge is 0.339 e. The fraction of sp³-hybridized carbons (Fsp3) is 0.176. The van der Waals surface area contributed by atoms with Gasteiger partial charge in [-0.25, -0.2) is 4.79 Å². The molecule has 0 radical (unpaired) electrons. The summed E-state index contributed by atoms with van der Waals surface area (Å²) in [6, 6.07) is 9.61. The SMILES string of the molecule is CC(=O)Nc1ccc(NC(=O)[C@H](C)OC(=O)c2ccncc2)cc1. The van der Waals surface area contributed by atoms with Gasteiger partial charge in [0.25, 0.3) is 5.91 Å². The van der Waals surface area contributed by atoms with Gasteiger partial charge >= 0.3 is 5.97 Å². The summed E-state index contributed by atoms with van der Waals surface area (Å²) in [7, 11) is 0. The van der Waals surface area contributed by atoms with Crippen LogP contribution in [-0.2, 0) is 14.3 Å². The second-order valence-electron chi connectivity index (χ2n) is 5.03. The highest BCUT2D eigenvalue weighted by Crippen LogP contribution is 2.14. The molecule has 0 aliphatic heterocycles.